The summed E-state index contributed by atoms with van der Waals surface area (Å²) >= 11 is 0. The van der Waals surface area contributed by atoms with E-state index >= 15 is 0 Å². The van der Waals surface area contributed by atoms with E-state index in [4.69, 9.17) is 4.42 Å². The smallest absolute Gasteiger partial charge is 0.272 e. The number of hydrogen-bond acceptors (Lipinski definition) is 4. The average molecular weight is 371 g/mol. The van der Waals surface area contributed by atoms with Crippen molar-refractivity contribution in [2.45, 2.75) is 6.04 Å². The third-order valence-corrected chi connectivity index (χ3v) is 4.27. The van der Waals surface area contributed by atoms with Gasteiger partial charge in [-0.25, -0.2) is 0 Å². The molecule has 0 spiro atoms. The van der Waals surface area contributed by atoms with Gasteiger partial charge >= 0.3 is 0 Å². The van der Waals surface area contributed by atoms with E-state index in [2.05, 4.69) is 10.4 Å². The third kappa shape index (κ3) is 3.61. The van der Waals surface area contributed by atoms with Gasteiger partial charge in [0.15, 0.2) is 0 Å². The number of hydrogen-bond donors (Lipinski definition) is 1. The van der Waals surface area contributed by atoms with Crippen molar-refractivity contribution in [2.24, 2.45) is 0 Å². The number of nitrogens with zero attached hydrogens (tertiary/aromatic N) is 2. The molecule has 1 unspecified atom stereocenters. The Bertz CT molecular complexity index is 1120. The van der Waals surface area contributed by atoms with Crippen LogP contribution in [0.25, 0.3) is 5.69 Å². The number of benzene rings is 2. The fourth-order valence-corrected chi connectivity index (χ4v) is 2.91. The number of rotatable bonds is 5. The highest BCUT2D eigenvalue weighted by Gasteiger charge is 2.21. The zero-order valence-corrected chi connectivity index (χ0v) is 14.9. The minimum absolute atomic E-state index is 0.135. The largest absolute Gasteiger partial charge is 0.467 e. The maximum absolute atomic E-state index is 12.9. The van der Waals surface area contributed by atoms with Crippen molar-refractivity contribution in [1.82, 2.24) is 15.1 Å². The van der Waals surface area contributed by atoms with Crippen molar-refractivity contribution in [3.05, 3.63) is 119 Å². The molecule has 6 nitrogen and oxygen atoms in total. The Kier molecular flexibility index (Phi) is 4.84. The third-order valence-electron chi connectivity index (χ3n) is 4.27. The lowest BCUT2D eigenvalue weighted by atomic mass is 10.0. The van der Waals surface area contributed by atoms with Crippen molar-refractivity contribution in [3.63, 3.8) is 0 Å². The molecule has 4 rings (SSSR count). The number of nitrogens with one attached hydrogen (secondary N) is 1. The van der Waals surface area contributed by atoms with Crippen molar-refractivity contribution in [3.8, 4) is 5.69 Å². The molecule has 138 valence electrons. The maximum Gasteiger partial charge on any atom is 0.272 e. The van der Waals surface area contributed by atoms with Gasteiger partial charge in [0.2, 0.25) is 0 Å². The van der Waals surface area contributed by atoms with Crippen LogP contribution in [-0.4, -0.2) is 15.7 Å². The lowest BCUT2D eigenvalue weighted by Crippen LogP contribution is -2.32. The molecule has 4 aromatic rings. The Morgan fingerprint density at radius 2 is 1.61 bits per heavy atom. The highest BCUT2D eigenvalue weighted by Crippen LogP contribution is 2.22. The van der Waals surface area contributed by atoms with Gasteiger partial charge in [-0.15, -0.1) is 0 Å². The van der Waals surface area contributed by atoms with Crippen LogP contribution in [0, 0.1) is 0 Å². The molecule has 0 aliphatic rings. The Balaban J connectivity index is 1.66. The number of furan rings is 1. The summed E-state index contributed by atoms with van der Waals surface area (Å²) in [6.07, 6.45) is 1.56. The molecule has 6 heteroatoms. The normalized spacial score (nSPS) is 11.7. The zero-order chi connectivity index (χ0) is 19.3. The van der Waals surface area contributed by atoms with E-state index in [0.717, 1.165) is 5.56 Å². The van der Waals surface area contributed by atoms with E-state index in [1.165, 1.54) is 16.8 Å². The van der Waals surface area contributed by atoms with Gasteiger partial charge in [-0.3, -0.25) is 9.59 Å². The van der Waals surface area contributed by atoms with Crippen molar-refractivity contribution < 1.29 is 9.21 Å². The van der Waals surface area contributed by atoms with Crippen LogP contribution in [0.4, 0.5) is 0 Å². The van der Waals surface area contributed by atoms with Gasteiger partial charge in [0, 0.05) is 6.07 Å². The average Bonchev–Trinajstić information content (AvgIpc) is 3.28. The maximum atomic E-state index is 12.9. The molecular weight excluding hydrogens is 354 g/mol. The van der Waals surface area contributed by atoms with Crippen LogP contribution in [0.5, 0.6) is 0 Å². The first-order chi connectivity index (χ1) is 13.7. The van der Waals surface area contributed by atoms with Gasteiger partial charge in [0.25, 0.3) is 11.5 Å². The van der Waals surface area contributed by atoms with Crippen molar-refractivity contribution in [1.29, 1.82) is 0 Å². The van der Waals surface area contributed by atoms with E-state index in [9.17, 15) is 9.59 Å². The molecule has 0 radical (unpaired) electrons. The van der Waals surface area contributed by atoms with Gasteiger partial charge in [0.05, 0.1) is 12.0 Å². The first-order valence-electron chi connectivity index (χ1n) is 8.77. The fourth-order valence-electron chi connectivity index (χ4n) is 2.91. The summed E-state index contributed by atoms with van der Waals surface area (Å²) in [5.41, 5.74) is 1.29. The van der Waals surface area contributed by atoms with Crippen molar-refractivity contribution in [2.75, 3.05) is 0 Å². The number of amides is 1. The predicted molar refractivity (Wildman–Crippen MR) is 104 cm³/mol. The zero-order valence-electron chi connectivity index (χ0n) is 14.9. The van der Waals surface area contributed by atoms with Gasteiger partial charge in [0.1, 0.15) is 17.5 Å². The van der Waals surface area contributed by atoms with Crippen molar-refractivity contribution >= 4 is 5.91 Å². The van der Waals surface area contributed by atoms with Crippen LogP contribution in [0.2, 0.25) is 0 Å². The highest BCUT2D eigenvalue weighted by molar-refractivity contribution is 5.92. The summed E-state index contributed by atoms with van der Waals surface area (Å²) in [5, 5.41) is 7.17. The number of carbonyl (C=O) groups excluding carboxylic acids is 1. The minimum atomic E-state index is -0.470. The Morgan fingerprint density at radius 1 is 0.893 bits per heavy atom. The minimum Gasteiger partial charge on any atom is -0.467 e. The van der Waals surface area contributed by atoms with E-state index in [0.29, 0.717) is 11.4 Å². The molecule has 0 saturated heterocycles. The fraction of sp³-hybridized carbons (Fsp3) is 0.0455. The van der Waals surface area contributed by atoms with Gasteiger partial charge < -0.3 is 9.73 Å². The van der Waals surface area contributed by atoms with Gasteiger partial charge in [-0.05, 0) is 35.9 Å². The van der Waals surface area contributed by atoms with Crippen LogP contribution in [0.3, 0.4) is 0 Å². The van der Waals surface area contributed by atoms with E-state index in [1.807, 2.05) is 36.4 Å². The summed E-state index contributed by atoms with van der Waals surface area (Å²) < 4.78 is 6.72. The molecule has 0 aliphatic carbocycles. The van der Waals surface area contributed by atoms with E-state index in [1.54, 1.807) is 42.7 Å². The topological polar surface area (TPSA) is 77.1 Å². The monoisotopic (exact) mass is 371 g/mol. The van der Waals surface area contributed by atoms with E-state index in [-0.39, 0.29) is 11.3 Å². The molecular formula is C22H17N3O3. The SMILES string of the molecule is O=C(NC(c1ccccc1)c1ccco1)c1ccc(=O)n(-c2ccccc2)n1. The van der Waals surface area contributed by atoms with Crippen LogP contribution in [0.15, 0.2) is 100 Å². The van der Waals surface area contributed by atoms with E-state index < -0.39 is 11.9 Å². The molecule has 1 amide bonds. The molecule has 0 bridgehead atoms. The second kappa shape index (κ2) is 7.75. The highest BCUT2D eigenvalue weighted by atomic mass is 16.3. The predicted octanol–water partition coefficient (Wildman–Crippen LogP) is 3.34. The van der Waals surface area contributed by atoms with Crippen LogP contribution >= 0.6 is 0 Å². The van der Waals surface area contributed by atoms with Gasteiger partial charge in [-0.1, -0.05) is 48.5 Å². The summed E-state index contributed by atoms with van der Waals surface area (Å²) in [7, 11) is 0. The lowest BCUT2D eigenvalue weighted by molar-refractivity contribution is 0.0932. The molecule has 2 aromatic carbocycles. The number of carbonyl (C=O) groups is 1. The molecule has 2 aromatic heterocycles. The Hall–Kier alpha value is -3.93. The standard InChI is InChI=1S/C22H17N3O3/c26-20-14-13-18(24-25(20)17-10-5-2-6-11-17)22(27)23-21(19-12-7-15-28-19)16-8-3-1-4-9-16/h1-15,21H,(H,23,27). The number of aromatic nitrogens is 2. The first-order valence-corrected chi connectivity index (χ1v) is 8.77. The van der Waals surface area contributed by atoms with Crippen LogP contribution < -0.4 is 10.9 Å². The second-order valence-corrected chi connectivity index (χ2v) is 6.14. The summed E-state index contributed by atoms with van der Waals surface area (Å²) in [4.78, 5) is 25.1. The molecule has 2 heterocycles. The molecule has 0 fully saturated rings. The van der Waals surface area contributed by atoms with Crippen LogP contribution in [0.1, 0.15) is 27.9 Å². The van der Waals surface area contributed by atoms with Crippen LogP contribution in [-0.2, 0) is 0 Å². The molecule has 1 N–H and O–H groups in total. The summed E-state index contributed by atoms with van der Waals surface area (Å²) in [6, 6.07) is 24.3. The Labute approximate surface area is 161 Å². The summed E-state index contributed by atoms with van der Waals surface area (Å²) in [5.74, 6) is 0.200. The molecule has 1 atom stereocenters. The second-order valence-electron chi connectivity index (χ2n) is 6.14. The Morgan fingerprint density at radius 3 is 2.29 bits per heavy atom. The first kappa shape index (κ1) is 17.5. The summed E-state index contributed by atoms with van der Waals surface area (Å²) in [6.45, 7) is 0. The molecule has 28 heavy (non-hydrogen) atoms. The lowest BCUT2D eigenvalue weighted by Gasteiger charge is -2.17. The van der Waals surface area contributed by atoms with Gasteiger partial charge in [-0.2, -0.15) is 9.78 Å². The quantitative estimate of drug-likeness (QED) is 0.584. The molecule has 0 aliphatic heterocycles. The number of para-hydroxylation sites is 1. The molecule has 0 saturated carbocycles.